The molecule has 1 nitrogen and oxygen atoms in total. The highest BCUT2D eigenvalue weighted by Gasteiger charge is 2.02. The summed E-state index contributed by atoms with van der Waals surface area (Å²) >= 11 is 0. The summed E-state index contributed by atoms with van der Waals surface area (Å²) in [6.45, 7) is 7.72. The lowest BCUT2D eigenvalue weighted by Crippen LogP contribution is -1.93. The summed E-state index contributed by atoms with van der Waals surface area (Å²) in [5.41, 5.74) is 1.10. The molecule has 1 atom stereocenters. The van der Waals surface area contributed by atoms with Crippen LogP contribution in [0.4, 0.5) is 0 Å². The Balaban J connectivity index is 3.60. The molecule has 0 amide bonds. The van der Waals surface area contributed by atoms with Crippen LogP contribution in [0.3, 0.4) is 0 Å². The molecule has 0 aromatic carbocycles. The molecule has 0 rings (SSSR count). The molecule has 0 fully saturated rings. The summed E-state index contributed by atoms with van der Waals surface area (Å²) in [5, 5.41) is 8.48. The number of hydrogen-bond acceptors (Lipinski definition) is 1. The molecule has 0 aromatic rings. The molecule has 50 valence electrons. The molecule has 1 heteroatoms. The quantitative estimate of drug-likeness (QED) is 0.529. The van der Waals surface area contributed by atoms with E-state index in [0.29, 0.717) is 0 Å². The molecule has 0 radical (unpaired) electrons. The second-order valence-electron chi connectivity index (χ2n) is 2.40. The van der Waals surface area contributed by atoms with Gasteiger partial charge in [-0.25, -0.2) is 0 Å². The van der Waals surface area contributed by atoms with Crippen molar-refractivity contribution >= 4 is 0 Å². The zero-order chi connectivity index (χ0) is 7.28. The largest absolute Gasteiger partial charge is 0.198 e. The maximum atomic E-state index is 8.48. The Morgan fingerprint density at radius 2 is 2.33 bits per heavy atom. The molecule has 0 N–H and O–H groups in total. The summed E-state index contributed by atoms with van der Waals surface area (Å²) in [4.78, 5) is 0. The van der Waals surface area contributed by atoms with Gasteiger partial charge in [0.2, 0.25) is 0 Å². The number of allylic oxidation sites excluding steroid dienone is 1. The van der Waals surface area contributed by atoms with Crippen LogP contribution in [0.2, 0.25) is 0 Å². The lowest BCUT2D eigenvalue weighted by Gasteiger charge is -2.02. The van der Waals surface area contributed by atoms with Crippen molar-refractivity contribution in [2.75, 3.05) is 0 Å². The first-order valence-corrected chi connectivity index (χ1v) is 3.24. The fourth-order valence-electron chi connectivity index (χ4n) is 0.702. The van der Waals surface area contributed by atoms with E-state index in [1.807, 2.05) is 13.8 Å². The molecule has 0 saturated carbocycles. The minimum absolute atomic E-state index is 0.183. The topological polar surface area (TPSA) is 23.8 Å². The molecule has 0 aromatic heterocycles. The molecule has 0 aliphatic carbocycles. The van der Waals surface area contributed by atoms with Crippen LogP contribution in [0.5, 0.6) is 0 Å². The Bertz CT molecular complexity index is 130. The van der Waals surface area contributed by atoms with E-state index in [4.69, 9.17) is 5.26 Å². The van der Waals surface area contributed by atoms with Gasteiger partial charge in [0.25, 0.3) is 0 Å². The molecule has 9 heavy (non-hydrogen) atoms. The average molecular weight is 123 g/mol. The van der Waals surface area contributed by atoms with Gasteiger partial charge in [-0.2, -0.15) is 5.26 Å². The highest BCUT2D eigenvalue weighted by atomic mass is 14.3. The first-order chi connectivity index (χ1) is 4.20. The lowest BCUT2D eigenvalue weighted by atomic mass is 10.0. The van der Waals surface area contributed by atoms with Gasteiger partial charge >= 0.3 is 0 Å². The van der Waals surface area contributed by atoms with Crippen molar-refractivity contribution in [3.8, 4) is 6.07 Å². The van der Waals surface area contributed by atoms with Crippen LogP contribution in [0.1, 0.15) is 26.7 Å². The van der Waals surface area contributed by atoms with Crippen LogP contribution in [0.25, 0.3) is 0 Å². The van der Waals surface area contributed by atoms with Crippen molar-refractivity contribution in [2.24, 2.45) is 5.92 Å². The summed E-state index contributed by atoms with van der Waals surface area (Å²) < 4.78 is 0. The molecular weight excluding hydrogens is 110 g/mol. The van der Waals surface area contributed by atoms with E-state index >= 15 is 0 Å². The number of rotatable bonds is 3. The van der Waals surface area contributed by atoms with Gasteiger partial charge in [-0.05, 0) is 19.8 Å². The van der Waals surface area contributed by atoms with Crippen LogP contribution in [0.15, 0.2) is 12.2 Å². The second kappa shape index (κ2) is 4.14. The third kappa shape index (κ3) is 3.78. The normalized spacial score (nSPS) is 12.1. The first kappa shape index (κ1) is 8.23. The number of nitriles is 1. The summed E-state index contributed by atoms with van der Waals surface area (Å²) in [6, 6.07) is 2.22. The van der Waals surface area contributed by atoms with Crippen molar-refractivity contribution in [1.82, 2.24) is 0 Å². The van der Waals surface area contributed by atoms with E-state index in [9.17, 15) is 0 Å². The van der Waals surface area contributed by atoms with Crippen LogP contribution in [-0.4, -0.2) is 0 Å². The maximum Gasteiger partial charge on any atom is 0.0659 e. The van der Waals surface area contributed by atoms with E-state index in [1.165, 1.54) is 0 Å². The van der Waals surface area contributed by atoms with E-state index in [2.05, 4.69) is 12.6 Å². The fraction of sp³-hybridized carbons (Fsp3) is 0.625. The Morgan fingerprint density at radius 3 is 2.44 bits per heavy atom. The lowest BCUT2D eigenvalue weighted by molar-refractivity contribution is 0.635. The van der Waals surface area contributed by atoms with Gasteiger partial charge in [-0.3, -0.25) is 0 Å². The molecule has 0 aliphatic heterocycles. The second-order valence-corrected chi connectivity index (χ2v) is 2.40. The van der Waals surface area contributed by atoms with Gasteiger partial charge < -0.3 is 0 Å². The van der Waals surface area contributed by atoms with Crippen LogP contribution in [-0.2, 0) is 0 Å². The zero-order valence-corrected chi connectivity index (χ0v) is 6.15. The summed E-state index contributed by atoms with van der Waals surface area (Å²) in [6.07, 6.45) is 1.79. The maximum absolute atomic E-state index is 8.48. The van der Waals surface area contributed by atoms with Gasteiger partial charge in [0.05, 0.1) is 6.07 Å². The Kier molecular flexibility index (Phi) is 3.79. The van der Waals surface area contributed by atoms with Gasteiger partial charge in [0.15, 0.2) is 0 Å². The third-order valence-corrected chi connectivity index (χ3v) is 1.27. The van der Waals surface area contributed by atoms with Crippen LogP contribution in [0, 0.1) is 17.2 Å². The Morgan fingerprint density at radius 1 is 1.78 bits per heavy atom. The molecule has 0 heterocycles. The highest BCUT2D eigenvalue weighted by Crippen LogP contribution is 2.11. The van der Waals surface area contributed by atoms with Crippen molar-refractivity contribution in [1.29, 1.82) is 5.26 Å². The molecule has 0 spiro atoms. The third-order valence-electron chi connectivity index (χ3n) is 1.27. The van der Waals surface area contributed by atoms with Crippen LogP contribution < -0.4 is 0 Å². The smallest absolute Gasteiger partial charge is 0.0659 e. The van der Waals surface area contributed by atoms with E-state index in [-0.39, 0.29) is 5.92 Å². The van der Waals surface area contributed by atoms with Crippen molar-refractivity contribution in [2.45, 2.75) is 26.7 Å². The fourth-order valence-corrected chi connectivity index (χ4v) is 0.702. The highest BCUT2D eigenvalue weighted by molar-refractivity contribution is 4.96. The Hall–Kier alpha value is -0.770. The van der Waals surface area contributed by atoms with E-state index in [0.717, 1.165) is 18.4 Å². The standard InChI is InChI=1S/C8H13N/c1-4-8(6-9)5-7(2)3/h8H,2,4-5H2,1,3H3. The summed E-state index contributed by atoms with van der Waals surface area (Å²) in [5.74, 6) is 0.183. The van der Waals surface area contributed by atoms with E-state index < -0.39 is 0 Å². The van der Waals surface area contributed by atoms with Gasteiger partial charge in [0, 0.05) is 5.92 Å². The number of nitrogens with zero attached hydrogens (tertiary/aromatic N) is 1. The molecule has 0 saturated heterocycles. The predicted molar refractivity (Wildman–Crippen MR) is 38.8 cm³/mol. The molecule has 1 unspecified atom stereocenters. The van der Waals surface area contributed by atoms with Crippen LogP contribution >= 0.6 is 0 Å². The minimum atomic E-state index is 0.183. The average Bonchev–Trinajstić information content (AvgIpc) is 1.82. The molecular formula is C8H13N. The van der Waals surface area contributed by atoms with Gasteiger partial charge in [0.1, 0.15) is 0 Å². The molecule has 0 bridgehead atoms. The first-order valence-electron chi connectivity index (χ1n) is 3.24. The predicted octanol–water partition coefficient (Wildman–Crippen LogP) is 2.50. The van der Waals surface area contributed by atoms with Gasteiger partial charge in [-0.15, -0.1) is 6.58 Å². The minimum Gasteiger partial charge on any atom is -0.198 e. The van der Waals surface area contributed by atoms with E-state index in [1.54, 1.807) is 0 Å². The Labute approximate surface area is 57.0 Å². The number of hydrogen-bond donors (Lipinski definition) is 0. The SMILES string of the molecule is C=C(C)CC(C#N)CC. The van der Waals surface area contributed by atoms with Crippen molar-refractivity contribution < 1.29 is 0 Å². The van der Waals surface area contributed by atoms with Gasteiger partial charge in [-0.1, -0.05) is 12.5 Å². The molecule has 0 aliphatic rings. The zero-order valence-electron chi connectivity index (χ0n) is 6.15. The van der Waals surface area contributed by atoms with Crippen molar-refractivity contribution in [3.63, 3.8) is 0 Å². The summed E-state index contributed by atoms with van der Waals surface area (Å²) in [7, 11) is 0. The monoisotopic (exact) mass is 123 g/mol. The van der Waals surface area contributed by atoms with Crippen molar-refractivity contribution in [3.05, 3.63) is 12.2 Å².